The highest BCUT2D eigenvalue weighted by atomic mass is 19.1. The average molecular weight is 465 g/mol. The zero-order chi connectivity index (χ0) is 23.5. The van der Waals surface area contributed by atoms with Crippen LogP contribution in [0.25, 0.3) is 0 Å². The number of rotatable bonds is 5. The van der Waals surface area contributed by atoms with E-state index in [1.54, 1.807) is 36.4 Å². The maximum Gasteiger partial charge on any atom is 0.254 e. The lowest BCUT2D eigenvalue weighted by molar-refractivity contribution is 0.0496. The van der Waals surface area contributed by atoms with Gasteiger partial charge in [0.2, 0.25) is 5.88 Å². The standard InChI is InChI=1S/C27H26F2N2O3/c28-21-5-3-4-19(14-21)15-22-17-27(18-33-22)9-12-31(13-10-27)26(32)20-8-11-30-25(16-20)34-24-7-2-1-6-23(24)29/h1-8,11,14,16,22H,9-10,12-13,15,17-18H2/t22-/m1/s1. The predicted octanol–water partition coefficient (Wildman–Crippen LogP) is 5.41. The van der Waals surface area contributed by atoms with E-state index in [1.165, 1.54) is 24.4 Å². The molecule has 0 aliphatic carbocycles. The first-order chi connectivity index (χ1) is 16.5. The van der Waals surface area contributed by atoms with Crippen LogP contribution in [0.3, 0.4) is 0 Å². The Morgan fingerprint density at radius 3 is 2.71 bits per heavy atom. The number of likely N-dealkylation sites (tertiary alicyclic amines) is 1. The number of hydrogen-bond acceptors (Lipinski definition) is 4. The summed E-state index contributed by atoms with van der Waals surface area (Å²) < 4.78 is 39.0. The van der Waals surface area contributed by atoms with E-state index >= 15 is 0 Å². The maximum atomic E-state index is 13.9. The lowest BCUT2D eigenvalue weighted by Crippen LogP contribution is -2.43. The molecule has 34 heavy (non-hydrogen) atoms. The number of para-hydroxylation sites is 1. The molecule has 1 amide bonds. The average Bonchev–Trinajstić information content (AvgIpc) is 3.22. The third-order valence-corrected chi connectivity index (χ3v) is 6.78. The van der Waals surface area contributed by atoms with E-state index in [1.807, 2.05) is 11.0 Å². The molecule has 2 aromatic carbocycles. The van der Waals surface area contributed by atoms with Crippen molar-refractivity contribution in [3.63, 3.8) is 0 Å². The third kappa shape index (κ3) is 4.94. The van der Waals surface area contributed by atoms with E-state index in [-0.39, 0.29) is 34.9 Å². The van der Waals surface area contributed by atoms with Crippen LogP contribution < -0.4 is 4.74 Å². The second-order valence-electron chi connectivity index (χ2n) is 9.18. The van der Waals surface area contributed by atoms with Crippen molar-refractivity contribution in [3.05, 3.63) is 89.6 Å². The molecule has 1 aromatic heterocycles. The summed E-state index contributed by atoms with van der Waals surface area (Å²) in [5.74, 6) is -0.569. The summed E-state index contributed by atoms with van der Waals surface area (Å²) >= 11 is 0. The van der Waals surface area contributed by atoms with Crippen LogP contribution in [0.4, 0.5) is 8.78 Å². The minimum Gasteiger partial charge on any atom is -0.436 e. The molecule has 3 aromatic rings. The highest BCUT2D eigenvalue weighted by molar-refractivity contribution is 5.94. The fourth-order valence-electron chi connectivity index (χ4n) is 4.91. The molecule has 2 saturated heterocycles. The molecule has 3 heterocycles. The van der Waals surface area contributed by atoms with Gasteiger partial charge in [0.15, 0.2) is 11.6 Å². The Bertz CT molecular complexity index is 1180. The van der Waals surface area contributed by atoms with Crippen LogP contribution in [0.1, 0.15) is 35.2 Å². The van der Waals surface area contributed by atoms with Crippen molar-refractivity contribution in [2.45, 2.75) is 31.8 Å². The van der Waals surface area contributed by atoms with Crippen molar-refractivity contribution < 1.29 is 23.0 Å². The second-order valence-corrected chi connectivity index (χ2v) is 9.18. The van der Waals surface area contributed by atoms with E-state index in [0.29, 0.717) is 31.7 Å². The summed E-state index contributed by atoms with van der Waals surface area (Å²) in [6.07, 6.45) is 4.91. The summed E-state index contributed by atoms with van der Waals surface area (Å²) in [6, 6.07) is 15.9. The molecule has 0 N–H and O–H groups in total. The normalized spacial score (nSPS) is 19.4. The Balaban J connectivity index is 1.18. The Kier molecular flexibility index (Phi) is 6.28. The van der Waals surface area contributed by atoms with Gasteiger partial charge in [-0.15, -0.1) is 0 Å². The lowest BCUT2D eigenvalue weighted by Gasteiger charge is -2.38. The summed E-state index contributed by atoms with van der Waals surface area (Å²) in [5, 5.41) is 0. The number of benzene rings is 2. The van der Waals surface area contributed by atoms with Gasteiger partial charge in [0.05, 0.1) is 12.7 Å². The van der Waals surface area contributed by atoms with Crippen LogP contribution in [0, 0.1) is 17.0 Å². The number of carbonyl (C=O) groups is 1. The van der Waals surface area contributed by atoms with Gasteiger partial charge in [0, 0.05) is 30.9 Å². The molecule has 7 heteroatoms. The van der Waals surface area contributed by atoms with Gasteiger partial charge in [-0.1, -0.05) is 24.3 Å². The highest BCUT2D eigenvalue weighted by Crippen LogP contribution is 2.43. The van der Waals surface area contributed by atoms with E-state index in [0.717, 1.165) is 24.8 Å². The van der Waals surface area contributed by atoms with Gasteiger partial charge in [-0.25, -0.2) is 13.8 Å². The Morgan fingerprint density at radius 1 is 1.09 bits per heavy atom. The number of pyridine rings is 1. The van der Waals surface area contributed by atoms with Gasteiger partial charge < -0.3 is 14.4 Å². The molecular formula is C27H26F2N2O3. The van der Waals surface area contributed by atoms with Crippen LogP contribution in [-0.4, -0.2) is 41.6 Å². The molecule has 0 unspecified atom stereocenters. The van der Waals surface area contributed by atoms with Crippen LogP contribution in [0.15, 0.2) is 66.9 Å². The molecule has 1 atom stereocenters. The van der Waals surface area contributed by atoms with Crippen molar-refractivity contribution in [1.82, 2.24) is 9.88 Å². The monoisotopic (exact) mass is 464 g/mol. The van der Waals surface area contributed by atoms with Crippen LogP contribution in [0.2, 0.25) is 0 Å². The van der Waals surface area contributed by atoms with E-state index in [9.17, 15) is 13.6 Å². The molecule has 0 saturated carbocycles. The first kappa shape index (κ1) is 22.5. The van der Waals surface area contributed by atoms with Crippen molar-refractivity contribution in [3.8, 4) is 11.6 Å². The first-order valence-corrected chi connectivity index (χ1v) is 11.5. The van der Waals surface area contributed by atoms with Crippen LogP contribution in [0.5, 0.6) is 11.6 Å². The Hall–Kier alpha value is -3.32. The van der Waals surface area contributed by atoms with Crippen molar-refractivity contribution in [2.24, 2.45) is 5.41 Å². The van der Waals surface area contributed by atoms with E-state index in [4.69, 9.17) is 9.47 Å². The molecule has 5 rings (SSSR count). The molecular weight excluding hydrogens is 438 g/mol. The highest BCUT2D eigenvalue weighted by Gasteiger charge is 2.43. The van der Waals surface area contributed by atoms with Gasteiger partial charge >= 0.3 is 0 Å². The van der Waals surface area contributed by atoms with Crippen molar-refractivity contribution in [2.75, 3.05) is 19.7 Å². The fourth-order valence-corrected chi connectivity index (χ4v) is 4.91. The van der Waals surface area contributed by atoms with Crippen molar-refractivity contribution in [1.29, 1.82) is 0 Å². The molecule has 0 bridgehead atoms. The van der Waals surface area contributed by atoms with Gasteiger partial charge in [0.1, 0.15) is 5.82 Å². The number of piperidine rings is 1. The summed E-state index contributed by atoms with van der Waals surface area (Å²) in [6.45, 7) is 1.95. The zero-order valence-electron chi connectivity index (χ0n) is 18.8. The maximum absolute atomic E-state index is 13.9. The topological polar surface area (TPSA) is 51.7 Å². The number of hydrogen-bond donors (Lipinski definition) is 0. The zero-order valence-corrected chi connectivity index (χ0v) is 18.8. The predicted molar refractivity (Wildman–Crippen MR) is 123 cm³/mol. The SMILES string of the molecule is O=C(c1ccnc(Oc2ccccc2F)c1)N1CCC2(CC1)CO[C@H](Cc1cccc(F)c1)C2. The van der Waals surface area contributed by atoms with E-state index < -0.39 is 5.82 Å². The molecule has 2 fully saturated rings. The quantitative estimate of drug-likeness (QED) is 0.507. The molecule has 1 spiro atoms. The fraction of sp³-hybridized carbons (Fsp3) is 0.333. The van der Waals surface area contributed by atoms with Crippen LogP contribution in [-0.2, 0) is 11.2 Å². The molecule has 176 valence electrons. The Labute approximate surface area is 197 Å². The number of nitrogens with zero attached hydrogens (tertiary/aromatic N) is 2. The van der Waals surface area contributed by atoms with Gasteiger partial charge in [-0.05, 0) is 67.0 Å². The number of aromatic nitrogens is 1. The van der Waals surface area contributed by atoms with Crippen LogP contribution >= 0.6 is 0 Å². The molecule has 5 nitrogen and oxygen atoms in total. The second kappa shape index (κ2) is 9.50. The largest absolute Gasteiger partial charge is 0.436 e. The molecule has 2 aliphatic heterocycles. The van der Waals surface area contributed by atoms with Gasteiger partial charge in [-0.3, -0.25) is 4.79 Å². The first-order valence-electron chi connectivity index (χ1n) is 11.5. The minimum absolute atomic E-state index is 0.0616. The van der Waals surface area contributed by atoms with Gasteiger partial charge in [0.25, 0.3) is 5.91 Å². The number of carbonyl (C=O) groups excluding carboxylic acids is 1. The summed E-state index contributed by atoms with van der Waals surface area (Å²) in [7, 11) is 0. The number of halogens is 2. The number of amides is 1. The van der Waals surface area contributed by atoms with Crippen molar-refractivity contribution >= 4 is 5.91 Å². The third-order valence-electron chi connectivity index (χ3n) is 6.78. The minimum atomic E-state index is -0.489. The number of ether oxygens (including phenoxy) is 2. The molecule has 2 aliphatic rings. The Morgan fingerprint density at radius 2 is 1.91 bits per heavy atom. The lowest BCUT2D eigenvalue weighted by atomic mass is 9.76. The smallest absolute Gasteiger partial charge is 0.254 e. The summed E-state index contributed by atoms with van der Waals surface area (Å²) in [4.78, 5) is 19.1. The summed E-state index contributed by atoms with van der Waals surface area (Å²) in [5.41, 5.74) is 1.47. The van der Waals surface area contributed by atoms with E-state index in [2.05, 4.69) is 4.98 Å². The van der Waals surface area contributed by atoms with Gasteiger partial charge in [-0.2, -0.15) is 0 Å². The molecule has 0 radical (unpaired) electrons.